The van der Waals surface area contributed by atoms with Crippen LogP contribution in [-0.4, -0.2) is 8.07 Å². The first kappa shape index (κ1) is 28.8. The Morgan fingerprint density at radius 3 is 1.27 bits per heavy atom. The molecule has 0 aromatic heterocycles. The molecule has 0 aliphatic rings. The Balaban J connectivity index is 0.00000210. The predicted octanol–water partition coefficient (Wildman–Crippen LogP) is -5.65. The van der Waals surface area contributed by atoms with E-state index in [1.165, 1.54) is 26.3 Å². The van der Waals surface area contributed by atoms with Crippen LogP contribution in [0.1, 0.15) is 12.5 Å². The van der Waals surface area contributed by atoms with Crippen LogP contribution in [0.3, 0.4) is 0 Å². The molecular weight excluding hydrogens is 483 g/mol. The molecule has 0 aliphatic carbocycles. The Bertz CT molecular complexity index is 876. The van der Waals surface area contributed by atoms with Crippen molar-refractivity contribution < 1.29 is 58.9 Å². The van der Waals surface area contributed by atoms with Gasteiger partial charge in [0.2, 0.25) is 0 Å². The molecule has 0 unspecified atom stereocenters. The third-order valence-electron chi connectivity index (χ3n) is 5.28. The van der Waals surface area contributed by atoms with Gasteiger partial charge in [-0.2, -0.15) is 17.7 Å². The van der Waals surface area contributed by atoms with Gasteiger partial charge in [0, 0.05) is 0 Å². The van der Waals surface area contributed by atoms with Gasteiger partial charge in [0.25, 0.3) is 0 Å². The Hall–Kier alpha value is -1.19. The Kier molecular flexibility index (Phi) is 12.7. The summed E-state index contributed by atoms with van der Waals surface area (Å²) in [6.45, 7) is 2.23. The minimum Gasteiger partial charge on any atom is -1.00 e. The standard InChI is InChI=1S/C25H23Si.3ClH.Ti/c1-2-21-18-19-25(20-21)26(22-12-6-3-7-13-22,23-14-8-4-9-15-23)24-16-10-5-11-17-24;;;;/h3-20H,2H2,1H3;3*1H;/q-1;;;;+4/p-3. The molecule has 5 heteroatoms. The molecule has 0 heterocycles. The molecule has 0 aliphatic heterocycles. The summed E-state index contributed by atoms with van der Waals surface area (Å²) in [6.07, 6.45) is 1.07. The number of benzene rings is 3. The molecule has 152 valence electrons. The largest absolute Gasteiger partial charge is 4.00 e. The van der Waals surface area contributed by atoms with Gasteiger partial charge in [0.05, 0.1) is 0 Å². The SMILES string of the molecule is CCc1cc[c-]([Si](c2ccccc2)(c2ccccc2)c2ccccc2)c1.[Cl-].[Cl-].[Cl-].[Ti+4]. The van der Waals surface area contributed by atoms with Crippen molar-refractivity contribution in [2.75, 3.05) is 0 Å². The predicted molar refractivity (Wildman–Crippen MR) is 115 cm³/mol. The summed E-state index contributed by atoms with van der Waals surface area (Å²) >= 11 is 0. The van der Waals surface area contributed by atoms with Crippen molar-refractivity contribution in [3.05, 3.63) is 115 Å². The first-order chi connectivity index (χ1) is 12.9. The van der Waals surface area contributed by atoms with E-state index in [0.29, 0.717) is 0 Å². The fourth-order valence-corrected chi connectivity index (χ4v) is 8.82. The van der Waals surface area contributed by atoms with E-state index in [1.807, 2.05) is 0 Å². The van der Waals surface area contributed by atoms with E-state index in [0.717, 1.165) is 6.42 Å². The van der Waals surface area contributed by atoms with Crippen LogP contribution in [-0.2, 0) is 28.1 Å². The molecule has 4 aromatic rings. The number of aryl methyl sites for hydroxylation is 1. The van der Waals surface area contributed by atoms with Crippen LogP contribution in [0.15, 0.2) is 109 Å². The van der Waals surface area contributed by atoms with Crippen LogP contribution in [0, 0.1) is 0 Å². The smallest absolute Gasteiger partial charge is 1.00 e. The maximum Gasteiger partial charge on any atom is 4.00 e. The molecule has 0 atom stereocenters. The Labute approximate surface area is 214 Å². The van der Waals surface area contributed by atoms with Gasteiger partial charge < -0.3 is 37.2 Å². The number of rotatable bonds is 5. The maximum absolute atomic E-state index is 2.43. The van der Waals surface area contributed by atoms with Gasteiger partial charge in [-0.05, 0) is 0 Å². The van der Waals surface area contributed by atoms with Gasteiger partial charge in [-0.3, -0.25) is 0 Å². The molecule has 30 heavy (non-hydrogen) atoms. The van der Waals surface area contributed by atoms with Gasteiger partial charge in [0.1, 0.15) is 8.07 Å². The van der Waals surface area contributed by atoms with Crippen LogP contribution in [0.4, 0.5) is 0 Å². The quantitative estimate of drug-likeness (QED) is 0.144. The molecule has 0 saturated carbocycles. The fourth-order valence-electron chi connectivity index (χ4n) is 4.01. The zero-order chi connectivity index (χ0) is 17.8. The zero-order valence-corrected chi connectivity index (χ0v) is 21.6. The first-order valence-electron chi connectivity index (χ1n) is 9.28. The number of halogens is 3. The summed E-state index contributed by atoms with van der Waals surface area (Å²) in [7, 11) is -2.30. The summed E-state index contributed by atoms with van der Waals surface area (Å²) in [5, 5.41) is 5.78. The number of hydrogen-bond acceptors (Lipinski definition) is 0. The van der Waals surface area contributed by atoms with Gasteiger partial charge in [-0.25, -0.2) is 6.07 Å². The summed E-state index contributed by atoms with van der Waals surface area (Å²) in [5.74, 6) is 0. The van der Waals surface area contributed by atoms with Crippen molar-refractivity contribution in [2.24, 2.45) is 0 Å². The molecule has 0 N–H and O–H groups in total. The van der Waals surface area contributed by atoms with Crippen molar-refractivity contribution in [2.45, 2.75) is 13.3 Å². The minimum absolute atomic E-state index is 0. The van der Waals surface area contributed by atoms with Crippen molar-refractivity contribution in [1.82, 2.24) is 0 Å². The molecule has 0 saturated heterocycles. The Morgan fingerprint density at radius 1 is 0.600 bits per heavy atom. The molecule has 0 radical (unpaired) electrons. The zero-order valence-electron chi connectivity index (χ0n) is 16.7. The summed E-state index contributed by atoms with van der Waals surface area (Å²) < 4.78 is 0. The summed E-state index contributed by atoms with van der Waals surface area (Å²) in [4.78, 5) is 0. The van der Waals surface area contributed by atoms with Crippen LogP contribution >= 0.6 is 0 Å². The topological polar surface area (TPSA) is 0 Å². The minimum atomic E-state index is -2.30. The van der Waals surface area contributed by atoms with E-state index >= 15 is 0 Å². The van der Waals surface area contributed by atoms with Gasteiger partial charge in [-0.1, -0.05) is 120 Å². The Morgan fingerprint density at radius 2 is 0.967 bits per heavy atom. The second-order valence-electron chi connectivity index (χ2n) is 6.71. The van der Waals surface area contributed by atoms with E-state index in [2.05, 4.69) is 116 Å². The molecule has 0 nitrogen and oxygen atoms in total. The van der Waals surface area contributed by atoms with Crippen molar-refractivity contribution in [3.63, 3.8) is 0 Å². The van der Waals surface area contributed by atoms with E-state index in [-0.39, 0.29) is 58.9 Å². The average Bonchev–Trinajstić information content (AvgIpc) is 3.21. The van der Waals surface area contributed by atoms with Crippen LogP contribution in [0.5, 0.6) is 0 Å². The van der Waals surface area contributed by atoms with E-state index in [4.69, 9.17) is 0 Å². The van der Waals surface area contributed by atoms with Crippen LogP contribution < -0.4 is 58.0 Å². The third kappa shape index (κ3) is 5.34. The molecule has 4 aromatic carbocycles. The first-order valence-corrected chi connectivity index (χ1v) is 11.3. The van der Waals surface area contributed by atoms with Crippen molar-refractivity contribution in [3.8, 4) is 0 Å². The van der Waals surface area contributed by atoms with Gasteiger partial charge in [0.15, 0.2) is 0 Å². The van der Waals surface area contributed by atoms with E-state index in [9.17, 15) is 0 Å². The van der Waals surface area contributed by atoms with Gasteiger partial charge in [-0.15, -0.1) is 5.19 Å². The monoisotopic (exact) mass is 504 g/mol. The molecule has 0 bridgehead atoms. The van der Waals surface area contributed by atoms with E-state index in [1.54, 1.807) is 0 Å². The second kappa shape index (κ2) is 13.3. The normalized spacial score (nSPS) is 9.90. The maximum atomic E-state index is 2.43. The van der Waals surface area contributed by atoms with Crippen LogP contribution in [0.2, 0.25) is 0 Å². The second-order valence-corrected chi connectivity index (χ2v) is 10.5. The van der Waals surface area contributed by atoms with Crippen molar-refractivity contribution >= 4 is 28.8 Å². The molecule has 0 amide bonds. The van der Waals surface area contributed by atoms with Crippen molar-refractivity contribution in [1.29, 1.82) is 0 Å². The summed E-state index contributed by atoms with van der Waals surface area (Å²) in [6, 6.07) is 40.3. The molecule has 0 fully saturated rings. The van der Waals surface area contributed by atoms with Gasteiger partial charge >= 0.3 is 21.7 Å². The fraction of sp³-hybridized carbons (Fsp3) is 0.0800. The molecular formula is C25H23Cl3SiTi. The average molecular weight is 506 g/mol. The van der Waals surface area contributed by atoms with Crippen LogP contribution in [0.25, 0.3) is 0 Å². The number of hydrogen-bond donors (Lipinski definition) is 0. The molecule has 4 rings (SSSR count). The third-order valence-corrected chi connectivity index (χ3v) is 10.1. The summed E-state index contributed by atoms with van der Waals surface area (Å²) in [5.41, 5.74) is 1.42. The molecule has 0 spiro atoms. The van der Waals surface area contributed by atoms with E-state index < -0.39 is 8.07 Å².